The zero-order valence-electron chi connectivity index (χ0n) is 11.1. The number of alkyl halides is 1. The van der Waals surface area contributed by atoms with Crippen LogP contribution in [0.4, 0.5) is 0 Å². The summed E-state index contributed by atoms with van der Waals surface area (Å²) < 4.78 is 5.64. The van der Waals surface area contributed by atoms with E-state index in [0.717, 1.165) is 30.8 Å². The summed E-state index contributed by atoms with van der Waals surface area (Å²) in [5.41, 5.74) is 1.15. The Hall–Kier alpha value is -0.830. The number of rotatable bonds is 8. The predicted molar refractivity (Wildman–Crippen MR) is 78.6 cm³/mol. The van der Waals surface area contributed by atoms with Crippen molar-refractivity contribution in [2.45, 2.75) is 44.4 Å². The van der Waals surface area contributed by atoms with Crippen LogP contribution in [0.3, 0.4) is 0 Å². The van der Waals surface area contributed by atoms with Gasteiger partial charge in [-0.3, -0.25) is 4.79 Å². The first-order valence-electron chi connectivity index (χ1n) is 6.49. The summed E-state index contributed by atoms with van der Waals surface area (Å²) in [5, 5.41) is 0. The summed E-state index contributed by atoms with van der Waals surface area (Å²) in [4.78, 5) is 11.1. The summed E-state index contributed by atoms with van der Waals surface area (Å²) in [7, 11) is 0. The Morgan fingerprint density at radius 2 is 1.94 bits per heavy atom. The number of carbonyl (C=O) groups excluding carboxylic acids is 1. The SMILES string of the molecule is CCCCCOc1ccc(CC(Br)C(C)=O)cc1. The molecule has 1 atom stereocenters. The molecule has 0 bridgehead atoms. The average Bonchev–Trinajstić information content (AvgIpc) is 2.36. The maximum Gasteiger partial charge on any atom is 0.143 e. The van der Waals surface area contributed by atoms with Crippen LogP contribution in [0.1, 0.15) is 38.7 Å². The van der Waals surface area contributed by atoms with Crippen molar-refractivity contribution in [2.75, 3.05) is 6.61 Å². The second-order valence-electron chi connectivity index (χ2n) is 4.48. The third kappa shape index (κ3) is 5.67. The molecule has 1 aromatic carbocycles. The van der Waals surface area contributed by atoms with Crippen molar-refractivity contribution < 1.29 is 9.53 Å². The highest BCUT2D eigenvalue weighted by atomic mass is 79.9. The number of ketones is 1. The van der Waals surface area contributed by atoms with Gasteiger partial charge in [-0.05, 0) is 37.5 Å². The van der Waals surface area contributed by atoms with Gasteiger partial charge in [0.25, 0.3) is 0 Å². The van der Waals surface area contributed by atoms with Gasteiger partial charge in [-0.1, -0.05) is 47.8 Å². The number of unbranched alkanes of at least 4 members (excludes halogenated alkanes) is 2. The molecule has 0 fully saturated rings. The second-order valence-corrected chi connectivity index (χ2v) is 5.59. The van der Waals surface area contributed by atoms with Crippen LogP contribution in [0.15, 0.2) is 24.3 Å². The molecular formula is C15H21BrO2. The maximum absolute atomic E-state index is 11.1. The molecule has 1 aromatic rings. The van der Waals surface area contributed by atoms with Crippen LogP contribution in [-0.2, 0) is 11.2 Å². The van der Waals surface area contributed by atoms with Crippen molar-refractivity contribution in [1.82, 2.24) is 0 Å². The normalized spacial score (nSPS) is 12.2. The van der Waals surface area contributed by atoms with Crippen LogP contribution in [-0.4, -0.2) is 17.2 Å². The van der Waals surface area contributed by atoms with E-state index >= 15 is 0 Å². The molecule has 1 rings (SSSR count). The Kier molecular flexibility index (Phi) is 7.02. The van der Waals surface area contributed by atoms with E-state index in [9.17, 15) is 4.79 Å². The van der Waals surface area contributed by atoms with Gasteiger partial charge in [-0.15, -0.1) is 0 Å². The van der Waals surface area contributed by atoms with E-state index in [4.69, 9.17) is 4.74 Å². The third-order valence-corrected chi connectivity index (χ3v) is 3.76. The molecule has 0 saturated heterocycles. The Labute approximate surface area is 118 Å². The number of Topliss-reactive ketones (excluding diaryl/α,β-unsaturated/α-hetero) is 1. The van der Waals surface area contributed by atoms with E-state index in [2.05, 4.69) is 22.9 Å². The highest BCUT2D eigenvalue weighted by molar-refractivity contribution is 9.10. The summed E-state index contributed by atoms with van der Waals surface area (Å²) in [5.74, 6) is 1.07. The molecular weight excluding hydrogens is 292 g/mol. The molecule has 18 heavy (non-hydrogen) atoms. The minimum atomic E-state index is -0.0891. The Morgan fingerprint density at radius 1 is 1.28 bits per heavy atom. The van der Waals surface area contributed by atoms with Crippen molar-refractivity contribution in [1.29, 1.82) is 0 Å². The van der Waals surface area contributed by atoms with E-state index in [-0.39, 0.29) is 10.6 Å². The van der Waals surface area contributed by atoms with Gasteiger partial charge in [-0.2, -0.15) is 0 Å². The number of benzene rings is 1. The highest BCUT2D eigenvalue weighted by Crippen LogP contribution is 2.16. The zero-order chi connectivity index (χ0) is 13.4. The molecule has 0 amide bonds. The quantitative estimate of drug-likeness (QED) is 0.532. The molecule has 0 N–H and O–H groups in total. The van der Waals surface area contributed by atoms with E-state index in [0.29, 0.717) is 0 Å². The molecule has 1 unspecified atom stereocenters. The molecule has 2 nitrogen and oxygen atoms in total. The lowest BCUT2D eigenvalue weighted by Gasteiger charge is -2.08. The second kappa shape index (κ2) is 8.30. The van der Waals surface area contributed by atoms with Crippen molar-refractivity contribution in [3.8, 4) is 5.75 Å². The Bertz CT molecular complexity index is 359. The van der Waals surface area contributed by atoms with Gasteiger partial charge in [0.1, 0.15) is 11.5 Å². The molecule has 0 saturated carbocycles. The monoisotopic (exact) mass is 312 g/mol. The Morgan fingerprint density at radius 3 is 2.50 bits per heavy atom. The lowest BCUT2D eigenvalue weighted by atomic mass is 10.1. The summed E-state index contributed by atoms with van der Waals surface area (Å²) in [6.07, 6.45) is 4.25. The van der Waals surface area contributed by atoms with Crippen molar-refractivity contribution in [3.05, 3.63) is 29.8 Å². The minimum absolute atomic E-state index is 0.0891. The number of halogens is 1. The molecule has 0 aliphatic heterocycles. The topological polar surface area (TPSA) is 26.3 Å². The summed E-state index contributed by atoms with van der Waals surface area (Å²) in [6.45, 7) is 4.56. The highest BCUT2D eigenvalue weighted by Gasteiger charge is 2.10. The molecule has 3 heteroatoms. The number of ether oxygens (including phenoxy) is 1. The van der Waals surface area contributed by atoms with Gasteiger partial charge in [0.2, 0.25) is 0 Å². The average molecular weight is 313 g/mol. The largest absolute Gasteiger partial charge is 0.494 e. The lowest BCUT2D eigenvalue weighted by Crippen LogP contribution is -2.12. The number of carbonyl (C=O) groups is 1. The molecule has 0 radical (unpaired) electrons. The van der Waals surface area contributed by atoms with Crippen molar-refractivity contribution in [2.24, 2.45) is 0 Å². The maximum atomic E-state index is 11.1. The molecule has 100 valence electrons. The molecule has 0 heterocycles. The van der Waals surface area contributed by atoms with Gasteiger partial charge < -0.3 is 4.74 Å². The number of hydrogen-bond donors (Lipinski definition) is 0. The lowest BCUT2D eigenvalue weighted by molar-refractivity contribution is -0.116. The fourth-order valence-electron chi connectivity index (χ4n) is 1.61. The van der Waals surface area contributed by atoms with Crippen LogP contribution < -0.4 is 4.74 Å². The number of hydrogen-bond acceptors (Lipinski definition) is 2. The molecule has 0 aromatic heterocycles. The van der Waals surface area contributed by atoms with Crippen LogP contribution in [0, 0.1) is 0 Å². The fraction of sp³-hybridized carbons (Fsp3) is 0.533. The fourth-order valence-corrected chi connectivity index (χ4v) is 1.99. The third-order valence-electron chi connectivity index (χ3n) is 2.80. The van der Waals surface area contributed by atoms with Crippen molar-refractivity contribution in [3.63, 3.8) is 0 Å². The van der Waals surface area contributed by atoms with Gasteiger partial charge in [0.15, 0.2) is 0 Å². The molecule has 0 aliphatic rings. The van der Waals surface area contributed by atoms with Gasteiger partial charge >= 0.3 is 0 Å². The van der Waals surface area contributed by atoms with Crippen molar-refractivity contribution >= 4 is 21.7 Å². The predicted octanol–water partition coefficient (Wildman–Crippen LogP) is 4.15. The van der Waals surface area contributed by atoms with Crippen LogP contribution >= 0.6 is 15.9 Å². The molecule has 0 spiro atoms. The first-order valence-corrected chi connectivity index (χ1v) is 7.41. The van der Waals surface area contributed by atoms with Crippen LogP contribution in [0.5, 0.6) is 5.75 Å². The minimum Gasteiger partial charge on any atom is -0.494 e. The zero-order valence-corrected chi connectivity index (χ0v) is 12.7. The Balaban J connectivity index is 2.40. The van der Waals surface area contributed by atoms with E-state index in [1.165, 1.54) is 12.8 Å². The standard InChI is InChI=1S/C15H21BrO2/c1-3-4-5-10-18-14-8-6-13(7-9-14)11-15(16)12(2)17/h6-9,15H,3-5,10-11H2,1-2H3. The van der Waals surface area contributed by atoms with E-state index in [1.54, 1.807) is 6.92 Å². The van der Waals surface area contributed by atoms with E-state index in [1.807, 2.05) is 24.3 Å². The van der Waals surface area contributed by atoms with E-state index < -0.39 is 0 Å². The van der Waals surface area contributed by atoms with Gasteiger partial charge in [-0.25, -0.2) is 0 Å². The van der Waals surface area contributed by atoms with Crippen LogP contribution in [0.25, 0.3) is 0 Å². The van der Waals surface area contributed by atoms with Crippen LogP contribution in [0.2, 0.25) is 0 Å². The smallest absolute Gasteiger partial charge is 0.143 e. The van der Waals surface area contributed by atoms with Gasteiger partial charge in [0.05, 0.1) is 11.4 Å². The summed E-state index contributed by atoms with van der Waals surface area (Å²) in [6, 6.07) is 7.99. The molecule has 0 aliphatic carbocycles. The first-order chi connectivity index (χ1) is 8.63. The van der Waals surface area contributed by atoms with Gasteiger partial charge in [0, 0.05) is 0 Å². The summed E-state index contributed by atoms with van der Waals surface area (Å²) >= 11 is 3.38. The first kappa shape index (κ1) is 15.2.